The molecular weight excluding hydrogens is 264 g/mol. The highest BCUT2D eigenvalue weighted by atomic mass is 16.5. The summed E-state index contributed by atoms with van der Waals surface area (Å²) in [5.41, 5.74) is 5.36. The number of hydrogen-bond donors (Lipinski definition) is 2. The fourth-order valence-corrected chi connectivity index (χ4v) is 1.93. The van der Waals surface area contributed by atoms with E-state index in [9.17, 15) is 5.11 Å². The fourth-order valence-electron chi connectivity index (χ4n) is 1.93. The molecule has 0 aliphatic carbocycles. The van der Waals surface area contributed by atoms with Crippen molar-refractivity contribution in [3.05, 3.63) is 53.3 Å². The second kappa shape index (κ2) is 10.4. The van der Waals surface area contributed by atoms with E-state index in [0.717, 1.165) is 11.1 Å². The van der Waals surface area contributed by atoms with Crippen LogP contribution >= 0.6 is 0 Å². The van der Waals surface area contributed by atoms with E-state index in [0.29, 0.717) is 32.0 Å². The van der Waals surface area contributed by atoms with E-state index in [4.69, 9.17) is 9.84 Å². The molecule has 0 spiro atoms. The monoisotopic (exact) mass is 290 g/mol. The van der Waals surface area contributed by atoms with Gasteiger partial charge in [0.15, 0.2) is 0 Å². The quantitative estimate of drug-likeness (QED) is 0.687. The van der Waals surface area contributed by atoms with Crippen molar-refractivity contribution < 1.29 is 14.9 Å². The summed E-state index contributed by atoms with van der Waals surface area (Å²) < 4.78 is 5.49. The summed E-state index contributed by atoms with van der Waals surface area (Å²) in [5, 5.41) is 18.8. The highest BCUT2D eigenvalue weighted by molar-refractivity contribution is 5.13. The van der Waals surface area contributed by atoms with Crippen molar-refractivity contribution >= 4 is 0 Å². The third-order valence-electron chi connectivity index (χ3n) is 3.18. The molecule has 21 heavy (non-hydrogen) atoms. The first-order chi connectivity index (χ1) is 10.1. The first kappa shape index (κ1) is 17.7. The average Bonchev–Trinajstić information content (AvgIpc) is 2.47. The van der Waals surface area contributed by atoms with Crippen molar-refractivity contribution in [2.45, 2.75) is 39.4 Å². The highest BCUT2D eigenvalue weighted by Gasteiger charge is 2.03. The van der Waals surface area contributed by atoms with Crippen LogP contribution in [0, 0.1) is 5.92 Å². The van der Waals surface area contributed by atoms with E-state index in [1.54, 1.807) is 0 Å². The Hall–Kier alpha value is -1.38. The van der Waals surface area contributed by atoms with Gasteiger partial charge in [-0.25, -0.2) is 0 Å². The summed E-state index contributed by atoms with van der Waals surface area (Å²) in [4.78, 5) is 0. The molecule has 0 heterocycles. The van der Waals surface area contributed by atoms with Crippen LogP contribution in [0.4, 0.5) is 0 Å². The van der Waals surface area contributed by atoms with Crippen LogP contribution in [0.15, 0.2) is 47.7 Å². The summed E-state index contributed by atoms with van der Waals surface area (Å²) in [6.07, 6.45) is 2.45. The third kappa shape index (κ3) is 7.84. The number of ether oxygens (including phenoxy) is 1. The van der Waals surface area contributed by atoms with E-state index in [1.807, 2.05) is 36.4 Å². The van der Waals surface area contributed by atoms with Gasteiger partial charge in [-0.15, -0.1) is 5.73 Å². The number of rotatable bonds is 9. The molecule has 3 heteroatoms. The van der Waals surface area contributed by atoms with Gasteiger partial charge in [-0.3, -0.25) is 0 Å². The Bertz CT molecular complexity index is 445. The van der Waals surface area contributed by atoms with Gasteiger partial charge in [0, 0.05) is 13.0 Å². The normalized spacial score (nSPS) is 12.0. The topological polar surface area (TPSA) is 49.7 Å². The minimum Gasteiger partial charge on any atom is -0.396 e. The maximum absolute atomic E-state index is 9.85. The number of benzene rings is 1. The molecule has 0 fully saturated rings. The largest absolute Gasteiger partial charge is 0.396 e. The molecule has 1 aromatic carbocycles. The molecule has 0 aromatic heterocycles. The number of aliphatic hydroxyl groups excluding tert-OH is 2. The van der Waals surface area contributed by atoms with Gasteiger partial charge in [0.25, 0.3) is 0 Å². The van der Waals surface area contributed by atoms with E-state index in [2.05, 4.69) is 19.6 Å². The molecule has 3 nitrogen and oxygen atoms in total. The summed E-state index contributed by atoms with van der Waals surface area (Å²) >= 11 is 0. The third-order valence-corrected chi connectivity index (χ3v) is 3.18. The van der Waals surface area contributed by atoms with Crippen molar-refractivity contribution in [3.63, 3.8) is 0 Å². The van der Waals surface area contributed by atoms with Gasteiger partial charge in [0.1, 0.15) is 0 Å². The predicted octanol–water partition coefficient (Wildman–Crippen LogP) is 3.07. The van der Waals surface area contributed by atoms with E-state index < -0.39 is 6.10 Å². The molecular formula is C18H26O3. The Morgan fingerprint density at radius 2 is 2.00 bits per heavy atom. The summed E-state index contributed by atoms with van der Waals surface area (Å²) in [6, 6.07) is 9.90. The summed E-state index contributed by atoms with van der Waals surface area (Å²) in [5.74, 6) is 0.361. The van der Waals surface area contributed by atoms with Gasteiger partial charge < -0.3 is 14.9 Å². The zero-order valence-electron chi connectivity index (χ0n) is 13.0. The van der Waals surface area contributed by atoms with Crippen LogP contribution in [-0.2, 0) is 11.3 Å². The maximum atomic E-state index is 9.85. The number of aliphatic hydroxyl groups is 2. The van der Waals surface area contributed by atoms with Crippen molar-refractivity contribution in [1.82, 2.24) is 0 Å². The zero-order chi connectivity index (χ0) is 15.5. The van der Waals surface area contributed by atoms with E-state index in [1.165, 1.54) is 0 Å². The lowest BCUT2D eigenvalue weighted by Crippen LogP contribution is -2.14. The highest BCUT2D eigenvalue weighted by Crippen LogP contribution is 2.11. The SMILES string of the molecule is CC(C)C(=C=CC[C@@H](O)COCc1ccccc1)CCO. The van der Waals surface area contributed by atoms with Crippen molar-refractivity contribution in [2.24, 2.45) is 5.92 Å². The molecule has 0 radical (unpaired) electrons. The lowest BCUT2D eigenvalue weighted by atomic mass is 10.0. The van der Waals surface area contributed by atoms with Crippen LogP contribution in [0.25, 0.3) is 0 Å². The molecule has 0 saturated carbocycles. The van der Waals surface area contributed by atoms with Crippen LogP contribution < -0.4 is 0 Å². The van der Waals surface area contributed by atoms with Crippen LogP contribution in [0.3, 0.4) is 0 Å². The molecule has 0 aliphatic rings. The zero-order valence-corrected chi connectivity index (χ0v) is 13.0. The van der Waals surface area contributed by atoms with Gasteiger partial charge in [-0.1, -0.05) is 44.2 Å². The fraction of sp³-hybridized carbons (Fsp3) is 0.500. The lowest BCUT2D eigenvalue weighted by Gasteiger charge is -2.09. The standard InChI is InChI=1S/C18H26O3/c1-15(2)17(11-12-19)9-6-10-18(20)14-21-13-16-7-4-3-5-8-16/h3-8,15,18-20H,10-14H2,1-2H3/t9?,18-/m1/s1. The van der Waals surface area contributed by atoms with Gasteiger partial charge >= 0.3 is 0 Å². The molecule has 1 rings (SSSR count). The average molecular weight is 290 g/mol. The van der Waals surface area contributed by atoms with Gasteiger partial charge in [-0.05, 0) is 29.6 Å². The van der Waals surface area contributed by atoms with Gasteiger partial charge in [-0.2, -0.15) is 0 Å². The van der Waals surface area contributed by atoms with Crippen LogP contribution in [0.5, 0.6) is 0 Å². The molecule has 0 aliphatic heterocycles. The van der Waals surface area contributed by atoms with Gasteiger partial charge in [0.05, 0.1) is 19.3 Å². The molecule has 0 bridgehead atoms. The number of hydrogen-bond acceptors (Lipinski definition) is 3. The van der Waals surface area contributed by atoms with Crippen LogP contribution in [0.1, 0.15) is 32.3 Å². The first-order valence-corrected chi connectivity index (χ1v) is 7.48. The summed E-state index contributed by atoms with van der Waals surface area (Å²) in [6.45, 7) is 5.11. The van der Waals surface area contributed by atoms with Crippen LogP contribution in [0.2, 0.25) is 0 Å². The van der Waals surface area contributed by atoms with Crippen molar-refractivity contribution in [2.75, 3.05) is 13.2 Å². The first-order valence-electron chi connectivity index (χ1n) is 7.48. The lowest BCUT2D eigenvalue weighted by molar-refractivity contribution is 0.0301. The minimum atomic E-state index is -0.524. The Morgan fingerprint density at radius 1 is 1.29 bits per heavy atom. The van der Waals surface area contributed by atoms with Gasteiger partial charge in [0.2, 0.25) is 0 Å². The predicted molar refractivity (Wildman–Crippen MR) is 84.9 cm³/mol. The van der Waals surface area contributed by atoms with E-state index >= 15 is 0 Å². The minimum absolute atomic E-state index is 0.136. The Balaban J connectivity index is 2.33. The Kier molecular flexibility index (Phi) is 8.72. The molecule has 2 N–H and O–H groups in total. The molecule has 116 valence electrons. The molecule has 0 saturated heterocycles. The second-order valence-corrected chi connectivity index (χ2v) is 5.39. The smallest absolute Gasteiger partial charge is 0.0814 e. The molecule has 1 atom stereocenters. The summed E-state index contributed by atoms with van der Waals surface area (Å²) in [7, 11) is 0. The molecule has 1 aromatic rings. The Morgan fingerprint density at radius 3 is 2.62 bits per heavy atom. The van der Waals surface area contributed by atoms with Crippen molar-refractivity contribution in [1.29, 1.82) is 0 Å². The van der Waals surface area contributed by atoms with Crippen LogP contribution in [-0.4, -0.2) is 29.5 Å². The second-order valence-electron chi connectivity index (χ2n) is 5.39. The van der Waals surface area contributed by atoms with E-state index in [-0.39, 0.29) is 6.61 Å². The Labute approximate surface area is 127 Å². The molecule has 0 amide bonds. The van der Waals surface area contributed by atoms with Crippen molar-refractivity contribution in [3.8, 4) is 0 Å². The maximum Gasteiger partial charge on any atom is 0.0814 e. The molecule has 0 unspecified atom stereocenters.